The summed E-state index contributed by atoms with van der Waals surface area (Å²) < 4.78 is 39.9. The SMILES string of the molecule is CCc1ccc(NC(=O)CN(C(C)=O)c2ccc(Cl)cc2C(F)(F)F)cc1. The lowest BCUT2D eigenvalue weighted by Gasteiger charge is -2.24. The molecule has 0 heterocycles. The number of aryl methyl sites for hydroxylation is 1. The van der Waals surface area contributed by atoms with Gasteiger partial charge in [-0.15, -0.1) is 0 Å². The Hall–Kier alpha value is -2.54. The summed E-state index contributed by atoms with van der Waals surface area (Å²) in [4.78, 5) is 25.0. The second-order valence-electron chi connectivity index (χ2n) is 5.86. The number of halogens is 4. The fourth-order valence-corrected chi connectivity index (χ4v) is 2.68. The highest BCUT2D eigenvalue weighted by Gasteiger charge is 2.36. The molecule has 0 spiro atoms. The maximum absolute atomic E-state index is 13.3. The van der Waals surface area contributed by atoms with E-state index in [9.17, 15) is 22.8 Å². The van der Waals surface area contributed by atoms with Gasteiger partial charge in [0.05, 0.1) is 11.3 Å². The van der Waals surface area contributed by atoms with Crippen molar-refractivity contribution in [1.29, 1.82) is 0 Å². The van der Waals surface area contributed by atoms with Gasteiger partial charge < -0.3 is 10.2 Å². The second kappa shape index (κ2) is 8.43. The van der Waals surface area contributed by atoms with E-state index >= 15 is 0 Å². The molecule has 2 amide bonds. The van der Waals surface area contributed by atoms with Crippen LogP contribution < -0.4 is 10.2 Å². The molecule has 144 valence electrons. The van der Waals surface area contributed by atoms with Gasteiger partial charge in [-0.2, -0.15) is 13.2 Å². The molecule has 0 aliphatic carbocycles. The van der Waals surface area contributed by atoms with Crippen LogP contribution in [0, 0.1) is 0 Å². The number of anilines is 2. The molecule has 0 atom stereocenters. The zero-order valence-corrected chi connectivity index (χ0v) is 15.5. The monoisotopic (exact) mass is 398 g/mol. The smallest absolute Gasteiger partial charge is 0.325 e. The zero-order valence-electron chi connectivity index (χ0n) is 14.7. The maximum atomic E-state index is 13.3. The molecule has 0 bridgehead atoms. The summed E-state index contributed by atoms with van der Waals surface area (Å²) in [5.74, 6) is -1.31. The summed E-state index contributed by atoms with van der Waals surface area (Å²) in [7, 11) is 0. The van der Waals surface area contributed by atoms with Crippen LogP contribution in [0.1, 0.15) is 25.0 Å². The number of nitrogens with one attached hydrogen (secondary N) is 1. The Labute approximate surface area is 159 Å². The maximum Gasteiger partial charge on any atom is 0.418 e. The summed E-state index contributed by atoms with van der Waals surface area (Å²) in [6, 6.07) is 10.1. The van der Waals surface area contributed by atoms with E-state index in [0.717, 1.165) is 35.9 Å². The minimum atomic E-state index is -4.72. The van der Waals surface area contributed by atoms with Crippen LogP contribution in [0.5, 0.6) is 0 Å². The number of hydrogen-bond acceptors (Lipinski definition) is 2. The lowest BCUT2D eigenvalue weighted by Crippen LogP contribution is -2.37. The first kappa shape index (κ1) is 20.8. The minimum Gasteiger partial charge on any atom is -0.325 e. The van der Waals surface area contributed by atoms with Crippen molar-refractivity contribution < 1.29 is 22.8 Å². The quantitative estimate of drug-likeness (QED) is 0.777. The molecule has 2 aromatic rings. The van der Waals surface area contributed by atoms with Crippen molar-refractivity contribution in [3.8, 4) is 0 Å². The molecule has 0 aliphatic heterocycles. The third-order valence-electron chi connectivity index (χ3n) is 3.88. The van der Waals surface area contributed by atoms with E-state index in [-0.39, 0.29) is 5.02 Å². The Morgan fingerprint density at radius 1 is 1.11 bits per heavy atom. The van der Waals surface area contributed by atoms with Crippen molar-refractivity contribution in [3.63, 3.8) is 0 Å². The Kier molecular flexibility index (Phi) is 6.49. The summed E-state index contributed by atoms with van der Waals surface area (Å²) in [5.41, 5.74) is 0.0726. The molecule has 0 aliphatic rings. The van der Waals surface area contributed by atoms with Crippen LogP contribution in [0.2, 0.25) is 5.02 Å². The first-order valence-electron chi connectivity index (χ1n) is 8.15. The van der Waals surface area contributed by atoms with Crippen LogP contribution in [0.4, 0.5) is 24.5 Å². The molecule has 0 saturated heterocycles. The van der Waals surface area contributed by atoms with Crippen LogP contribution in [-0.4, -0.2) is 18.4 Å². The van der Waals surface area contributed by atoms with Crippen molar-refractivity contribution in [2.75, 3.05) is 16.8 Å². The van der Waals surface area contributed by atoms with Crippen molar-refractivity contribution >= 4 is 34.8 Å². The third kappa shape index (κ3) is 5.47. The summed E-state index contributed by atoms with van der Waals surface area (Å²) in [6.07, 6.45) is -3.89. The van der Waals surface area contributed by atoms with Crippen molar-refractivity contribution in [1.82, 2.24) is 0 Å². The van der Waals surface area contributed by atoms with Gasteiger partial charge in [0.2, 0.25) is 11.8 Å². The number of rotatable bonds is 5. The molecule has 0 radical (unpaired) electrons. The van der Waals surface area contributed by atoms with E-state index in [1.54, 1.807) is 12.1 Å². The van der Waals surface area contributed by atoms with Gasteiger partial charge in [-0.3, -0.25) is 9.59 Å². The molecule has 4 nitrogen and oxygen atoms in total. The highest BCUT2D eigenvalue weighted by molar-refractivity contribution is 6.30. The average Bonchev–Trinajstić information content (AvgIpc) is 2.59. The van der Waals surface area contributed by atoms with Gasteiger partial charge >= 0.3 is 6.18 Å². The molecule has 0 unspecified atom stereocenters. The second-order valence-corrected chi connectivity index (χ2v) is 6.30. The molecule has 8 heteroatoms. The average molecular weight is 399 g/mol. The van der Waals surface area contributed by atoms with E-state index < -0.39 is 35.8 Å². The molecule has 2 aromatic carbocycles. The Balaban J connectivity index is 2.25. The molecular formula is C19H18ClF3N2O2. The van der Waals surface area contributed by atoms with E-state index in [1.807, 2.05) is 19.1 Å². The predicted octanol–water partition coefficient (Wildman–Crippen LogP) is 4.91. The van der Waals surface area contributed by atoms with Gasteiger partial charge in [0.1, 0.15) is 6.54 Å². The highest BCUT2D eigenvalue weighted by Crippen LogP contribution is 2.38. The van der Waals surface area contributed by atoms with E-state index in [1.165, 1.54) is 6.07 Å². The summed E-state index contributed by atoms with van der Waals surface area (Å²) >= 11 is 5.66. The van der Waals surface area contributed by atoms with Gasteiger partial charge in [-0.1, -0.05) is 30.7 Å². The standard InChI is InChI=1S/C19H18ClF3N2O2/c1-3-13-4-7-15(8-5-13)24-18(27)11-25(12(2)26)17-9-6-14(20)10-16(17)19(21,22)23/h4-10H,3,11H2,1-2H3,(H,24,27). The van der Waals surface area contributed by atoms with E-state index in [2.05, 4.69) is 5.32 Å². The topological polar surface area (TPSA) is 49.4 Å². The fourth-order valence-electron chi connectivity index (χ4n) is 2.50. The van der Waals surface area contributed by atoms with Crippen LogP contribution in [0.25, 0.3) is 0 Å². The number of nitrogens with zero attached hydrogens (tertiary/aromatic N) is 1. The van der Waals surface area contributed by atoms with Gasteiger partial charge in [0.15, 0.2) is 0 Å². The molecule has 2 rings (SSSR count). The summed E-state index contributed by atoms with van der Waals surface area (Å²) in [5, 5.41) is 2.46. The molecule has 27 heavy (non-hydrogen) atoms. The van der Waals surface area contributed by atoms with Crippen LogP contribution in [-0.2, 0) is 22.2 Å². The van der Waals surface area contributed by atoms with Crippen molar-refractivity contribution in [3.05, 3.63) is 58.6 Å². The van der Waals surface area contributed by atoms with Crippen molar-refractivity contribution in [2.24, 2.45) is 0 Å². The van der Waals surface area contributed by atoms with Crippen LogP contribution >= 0.6 is 11.6 Å². The predicted molar refractivity (Wildman–Crippen MR) is 98.9 cm³/mol. The minimum absolute atomic E-state index is 0.116. The first-order valence-corrected chi connectivity index (χ1v) is 8.53. The molecular weight excluding hydrogens is 381 g/mol. The lowest BCUT2D eigenvalue weighted by atomic mass is 10.1. The molecule has 0 fully saturated rings. The van der Waals surface area contributed by atoms with Crippen LogP contribution in [0.3, 0.4) is 0 Å². The van der Waals surface area contributed by atoms with Gasteiger partial charge in [-0.05, 0) is 42.3 Å². The van der Waals surface area contributed by atoms with Crippen LogP contribution in [0.15, 0.2) is 42.5 Å². The molecule has 0 aromatic heterocycles. The number of benzene rings is 2. The molecule has 0 saturated carbocycles. The van der Waals surface area contributed by atoms with Gasteiger partial charge in [0.25, 0.3) is 0 Å². The first-order chi connectivity index (χ1) is 12.6. The Bertz CT molecular complexity index is 836. The van der Waals surface area contributed by atoms with E-state index in [4.69, 9.17) is 11.6 Å². The number of alkyl halides is 3. The largest absolute Gasteiger partial charge is 0.418 e. The van der Waals surface area contributed by atoms with Gasteiger partial charge in [-0.25, -0.2) is 0 Å². The van der Waals surface area contributed by atoms with E-state index in [0.29, 0.717) is 5.69 Å². The normalized spacial score (nSPS) is 11.2. The Morgan fingerprint density at radius 2 is 1.74 bits per heavy atom. The van der Waals surface area contributed by atoms with Crippen molar-refractivity contribution in [2.45, 2.75) is 26.4 Å². The number of amides is 2. The summed E-state index contributed by atoms with van der Waals surface area (Å²) in [6.45, 7) is 2.52. The Morgan fingerprint density at radius 3 is 2.26 bits per heavy atom. The number of carbonyl (C=O) groups is 2. The number of hydrogen-bond donors (Lipinski definition) is 1. The van der Waals surface area contributed by atoms with Gasteiger partial charge in [0, 0.05) is 17.6 Å². The third-order valence-corrected chi connectivity index (χ3v) is 4.12. The zero-order chi connectivity index (χ0) is 20.2. The number of carbonyl (C=O) groups excluding carboxylic acids is 2. The molecule has 1 N–H and O–H groups in total. The lowest BCUT2D eigenvalue weighted by molar-refractivity contribution is -0.137. The fraction of sp³-hybridized carbons (Fsp3) is 0.263. The highest BCUT2D eigenvalue weighted by atomic mass is 35.5.